The number of nitrogens with zero attached hydrogens (tertiary/aromatic N) is 1. The standard InChI is InChI=1S/C17H18N2O2S/c1-12-3-9-15(10-4-12)22-17(16(20)11-19-18)13-5-7-14(21-2)8-6-13/h3-11,17H,18H2,1-2H3. The van der Waals surface area contributed by atoms with Crippen LogP contribution in [0.25, 0.3) is 0 Å². The minimum atomic E-state index is -0.388. The first-order valence-electron chi connectivity index (χ1n) is 6.78. The van der Waals surface area contributed by atoms with Crippen molar-refractivity contribution in [1.82, 2.24) is 0 Å². The Morgan fingerprint density at radius 3 is 2.36 bits per heavy atom. The molecule has 0 heterocycles. The van der Waals surface area contributed by atoms with Gasteiger partial charge in [-0.3, -0.25) is 4.79 Å². The number of benzene rings is 2. The van der Waals surface area contributed by atoms with Crippen LogP contribution in [0.4, 0.5) is 0 Å². The molecule has 5 heteroatoms. The van der Waals surface area contributed by atoms with Gasteiger partial charge in [-0.25, -0.2) is 0 Å². The van der Waals surface area contributed by atoms with Gasteiger partial charge in [0.25, 0.3) is 0 Å². The number of hydrogen-bond donors (Lipinski definition) is 1. The molecule has 0 aromatic heterocycles. The van der Waals surface area contributed by atoms with Crippen molar-refractivity contribution >= 4 is 23.8 Å². The maximum atomic E-state index is 12.3. The summed E-state index contributed by atoms with van der Waals surface area (Å²) in [5.74, 6) is 5.74. The molecule has 114 valence electrons. The zero-order valence-electron chi connectivity index (χ0n) is 12.5. The SMILES string of the molecule is COc1ccc(C(Sc2ccc(C)cc2)C(=O)C=NN)cc1. The van der Waals surface area contributed by atoms with Crippen molar-refractivity contribution in [2.24, 2.45) is 10.9 Å². The summed E-state index contributed by atoms with van der Waals surface area (Å²) in [5.41, 5.74) is 2.07. The highest BCUT2D eigenvalue weighted by Crippen LogP contribution is 2.36. The van der Waals surface area contributed by atoms with Crippen LogP contribution >= 0.6 is 11.8 Å². The van der Waals surface area contributed by atoms with E-state index in [0.29, 0.717) is 0 Å². The summed E-state index contributed by atoms with van der Waals surface area (Å²) in [7, 11) is 1.61. The molecular weight excluding hydrogens is 296 g/mol. The van der Waals surface area contributed by atoms with Gasteiger partial charge in [0.15, 0.2) is 5.78 Å². The number of carbonyl (C=O) groups is 1. The zero-order valence-corrected chi connectivity index (χ0v) is 13.3. The molecule has 2 N–H and O–H groups in total. The molecule has 0 spiro atoms. The van der Waals surface area contributed by atoms with Gasteiger partial charge in [0, 0.05) is 4.90 Å². The Kier molecular flexibility index (Phi) is 5.61. The predicted octanol–water partition coefficient (Wildman–Crippen LogP) is 3.35. The number of nitrogens with two attached hydrogens (primary N) is 1. The summed E-state index contributed by atoms with van der Waals surface area (Å²) in [4.78, 5) is 13.3. The van der Waals surface area contributed by atoms with Gasteiger partial charge in [-0.1, -0.05) is 29.8 Å². The fraction of sp³-hybridized carbons (Fsp3) is 0.176. The molecule has 2 aromatic rings. The number of aryl methyl sites for hydroxylation is 1. The third kappa shape index (κ3) is 4.11. The molecule has 22 heavy (non-hydrogen) atoms. The number of carbonyl (C=O) groups excluding carboxylic acids is 1. The third-order valence-corrected chi connectivity index (χ3v) is 4.44. The third-order valence-electron chi connectivity index (χ3n) is 3.15. The van der Waals surface area contributed by atoms with E-state index in [0.717, 1.165) is 22.4 Å². The second-order valence-electron chi connectivity index (χ2n) is 4.76. The molecule has 1 unspecified atom stereocenters. The van der Waals surface area contributed by atoms with Crippen molar-refractivity contribution in [3.63, 3.8) is 0 Å². The lowest BCUT2D eigenvalue weighted by molar-refractivity contribution is -0.112. The zero-order chi connectivity index (χ0) is 15.9. The Balaban J connectivity index is 2.28. The van der Waals surface area contributed by atoms with E-state index in [4.69, 9.17) is 10.6 Å². The smallest absolute Gasteiger partial charge is 0.193 e. The van der Waals surface area contributed by atoms with Crippen LogP contribution in [0.3, 0.4) is 0 Å². The molecule has 0 fully saturated rings. The molecule has 0 aliphatic carbocycles. The number of ketones is 1. The van der Waals surface area contributed by atoms with Gasteiger partial charge in [-0.2, -0.15) is 5.10 Å². The first-order chi connectivity index (χ1) is 10.6. The highest BCUT2D eigenvalue weighted by molar-refractivity contribution is 8.00. The molecule has 0 bridgehead atoms. The van der Waals surface area contributed by atoms with E-state index >= 15 is 0 Å². The number of hydrogen-bond acceptors (Lipinski definition) is 5. The van der Waals surface area contributed by atoms with Crippen LogP contribution in [-0.2, 0) is 4.79 Å². The maximum absolute atomic E-state index is 12.3. The summed E-state index contributed by atoms with van der Waals surface area (Å²) in [6, 6.07) is 15.5. The Hall–Kier alpha value is -2.27. The van der Waals surface area contributed by atoms with E-state index in [1.54, 1.807) is 7.11 Å². The average molecular weight is 314 g/mol. The van der Waals surface area contributed by atoms with Crippen LogP contribution in [0.2, 0.25) is 0 Å². The fourth-order valence-corrected chi connectivity index (χ4v) is 3.00. The molecule has 0 radical (unpaired) electrons. The van der Waals surface area contributed by atoms with Crippen LogP contribution in [0.15, 0.2) is 58.5 Å². The van der Waals surface area contributed by atoms with Crippen LogP contribution < -0.4 is 10.6 Å². The Morgan fingerprint density at radius 2 is 1.82 bits per heavy atom. The first kappa shape index (κ1) is 16.1. The van der Waals surface area contributed by atoms with Crippen LogP contribution in [0, 0.1) is 6.92 Å². The Morgan fingerprint density at radius 1 is 1.18 bits per heavy atom. The predicted molar refractivity (Wildman–Crippen MR) is 90.5 cm³/mol. The molecule has 0 saturated heterocycles. The van der Waals surface area contributed by atoms with Gasteiger partial charge in [0.1, 0.15) is 5.75 Å². The lowest BCUT2D eigenvalue weighted by atomic mass is 10.1. The largest absolute Gasteiger partial charge is 0.497 e. The van der Waals surface area contributed by atoms with Crippen LogP contribution in [0.1, 0.15) is 16.4 Å². The second kappa shape index (κ2) is 7.66. The molecule has 2 rings (SSSR count). The minimum absolute atomic E-state index is 0.141. The number of Topliss-reactive ketones (excluding diaryl/α,β-unsaturated/α-hetero) is 1. The normalized spacial score (nSPS) is 12.3. The van der Waals surface area contributed by atoms with E-state index in [1.165, 1.54) is 17.3 Å². The molecule has 2 aromatic carbocycles. The molecule has 0 amide bonds. The summed E-state index contributed by atoms with van der Waals surface area (Å²) in [6.45, 7) is 2.03. The topological polar surface area (TPSA) is 64.7 Å². The summed E-state index contributed by atoms with van der Waals surface area (Å²) >= 11 is 1.47. The summed E-state index contributed by atoms with van der Waals surface area (Å²) < 4.78 is 5.15. The number of thioether (sulfide) groups is 1. The summed E-state index contributed by atoms with van der Waals surface area (Å²) in [6.07, 6.45) is 1.16. The van der Waals surface area contributed by atoms with E-state index in [9.17, 15) is 4.79 Å². The molecule has 0 aliphatic heterocycles. The molecule has 4 nitrogen and oxygen atoms in total. The van der Waals surface area contributed by atoms with E-state index in [2.05, 4.69) is 5.10 Å². The quantitative estimate of drug-likeness (QED) is 0.384. The molecule has 1 atom stereocenters. The van der Waals surface area contributed by atoms with Gasteiger partial charge < -0.3 is 10.6 Å². The van der Waals surface area contributed by atoms with E-state index < -0.39 is 0 Å². The fourth-order valence-electron chi connectivity index (χ4n) is 1.96. The number of ether oxygens (including phenoxy) is 1. The Labute approximate surface area is 134 Å². The first-order valence-corrected chi connectivity index (χ1v) is 7.66. The molecular formula is C17H18N2O2S. The highest BCUT2D eigenvalue weighted by atomic mass is 32.2. The highest BCUT2D eigenvalue weighted by Gasteiger charge is 2.20. The molecule has 0 aliphatic rings. The van der Waals surface area contributed by atoms with Crippen LogP contribution in [0.5, 0.6) is 5.75 Å². The van der Waals surface area contributed by atoms with Crippen molar-refractivity contribution in [2.45, 2.75) is 17.1 Å². The van der Waals surface area contributed by atoms with Crippen molar-refractivity contribution in [1.29, 1.82) is 0 Å². The van der Waals surface area contributed by atoms with E-state index in [-0.39, 0.29) is 11.0 Å². The molecule has 0 saturated carbocycles. The van der Waals surface area contributed by atoms with Crippen molar-refractivity contribution in [3.05, 3.63) is 59.7 Å². The van der Waals surface area contributed by atoms with Gasteiger partial charge in [-0.05, 0) is 36.8 Å². The minimum Gasteiger partial charge on any atom is -0.497 e. The summed E-state index contributed by atoms with van der Waals surface area (Å²) in [5, 5.41) is 2.97. The van der Waals surface area contributed by atoms with E-state index in [1.807, 2.05) is 55.5 Å². The van der Waals surface area contributed by atoms with Gasteiger partial charge >= 0.3 is 0 Å². The van der Waals surface area contributed by atoms with Crippen molar-refractivity contribution < 1.29 is 9.53 Å². The van der Waals surface area contributed by atoms with Gasteiger partial charge in [0.05, 0.1) is 18.6 Å². The second-order valence-corrected chi connectivity index (χ2v) is 5.94. The van der Waals surface area contributed by atoms with Crippen LogP contribution in [-0.4, -0.2) is 19.1 Å². The Bertz CT molecular complexity index is 651. The maximum Gasteiger partial charge on any atom is 0.193 e. The van der Waals surface area contributed by atoms with Gasteiger partial charge in [0.2, 0.25) is 0 Å². The number of rotatable bonds is 6. The average Bonchev–Trinajstić information content (AvgIpc) is 2.54. The monoisotopic (exact) mass is 314 g/mol. The van der Waals surface area contributed by atoms with Crippen molar-refractivity contribution in [3.8, 4) is 5.75 Å². The van der Waals surface area contributed by atoms with Crippen molar-refractivity contribution in [2.75, 3.05) is 7.11 Å². The number of methoxy groups -OCH3 is 1. The lowest BCUT2D eigenvalue weighted by Gasteiger charge is -2.14. The van der Waals surface area contributed by atoms with Gasteiger partial charge in [-0.15, -0.1) is 11.8 Å². The number of hydrazone groups is 1. The lowest BCUT2D eigenvalue weighted by Crippen LogP contribution is -2.11.